The molecule has 184 valence electrons. The first-order valence-corrected chi connectivity index (χ1v) is 11.0. The van der Waals surface area contributed by atoms with Gasteiger partial charge in [-0.25, -0.2) is 13.8 Å². The summed E-state index contributed by atoms with van der Waals surface area (Å²) in [5, 5.41) is 10.6. The molecule has 1 saturated carbocycles. The third kappa shape index (κ3) is 4.66. The van der Waals surface area contributed by atoms with Gasteiger partial charge in [0.25, 0.3) is 5.91 Å². The minimum Gasteiger partial charge on any atom is -0.354 e. The van der Waals surface area contributed by atoms with Gasteiger partial charge in [0.2, 0.25) is 0 Å². The Morgan fingerprint density at radius 3 is 2.49 bits per heavy atom. The van der Waals surface area contributed by atoms with Crippen LogP contribution in [0.4, 0.5) is 27.8 Å². The van der Waals surface area contributed by atoms with Gasteiger partial charge in [-0.15, -0.1) is 5.10 Å². The van der Waals surface area contributed by atoms with Crippen molar-refractivity contribution < 1.29 is 26.7 Å². The lowest BCUT2D eigenvalue weighted by atomic mass is 9.99. The standard InChI is InChI=1S/C22H20F5N7O/c23-16-9-13(1-5-18(16)33-12-29-30-31-33)21(35)34(15-3-4-15)19-7-8-32(11-17(19)24)20-6-2-14(10-28-20)22(25,26)27/h1-2,5-6,9-10,12,15,17,19H,3-4,7-8,11H2/t17-,19+/m0/s1. The highest BCUT2D eigenvalue weighted by molar-refractivity contribution is 5.95. The number of hydrogen-bond donors (Lipinski definition) is 0. The van der Waals surface area contributed by atoms with E-state index in [0.29, 0.717) is 6.54 Å². The number of hydrogen-bond acceptors (Lipinski definition) is 6. The molecule has 8 nitrogen and oxygen atoms in total. The predicted octanol–water partition coefficient (Wildman–Crippen LogP) is 3.44. The van der Waals surface area contributed by atoms with Crippen LogP contribution in [0.1, 0.15) is 35.2 Å². The molecule has 0 radical (unpaired) electrons. The van der Waals surface area contributed by atoms with Gasteiger partial charge in [-0.05, 0) is 60.0 Å². The molecule has 0 unspecified atom stereocenters. The minimum atomic E-state index is -4.50. The number of aromatic nitrogens is 5. The monoisotopic (exact) mass is 493 g/mol. The molecule has 2 aliphatic rings. The van der Waals surface area contributed by atoms with Crippen molar-refractivity contribution >= 4 is 11.7 Å². The molecule has 0 spiro atoms. The summed E-state index contributed by atoms with van der Waals surface area (Å²) < 4.78 is 69.5. The number of pyridine rings is 1. The van der Waals surface area contributed by atoms with Crippen LogP contribution >= 0.6 is 0 Å². The lowest BCUT2D eigenvalue weighted by Gasteiger charge is -2.41. The highest BCUT2D eigenvalue weighted by Crippen LogP contribution is 2.35. The van der Waals surface area contributed by atoms with E-state index in [0.717, 1.165) is 35.9 Å². The molecule has 0 bridgehead atoms. The van der Waals surface area contributed by atoms with Crippen LogP contribution in [0.5, 0.6) is 0 Å². The summed E-state index contributed by atoms with van der Waals surface area (Å²) in [5.41, 5.74) is -0.715. The number of carbonyl (C=O) groups is 1. The Morgan fingerprint density at radius 1 is 1.11 bits per heavy atom. The Morgan fingerprint density at radius 2 is 1.91 bits per heavy atom. The van der Waals surface area contributed by atoms with Gasteiger partial charge in [-0.3, -0.25) is 4.79 Å². The Bertz CT molecular complexity index is 1200. The average molecular weight is 493 g/mol. The average Bonchev–Trinajstić information content (AvgIpc) is 3.52. The number of nitrogens with zero attached hydrogens (tertiary/aromatic N) is 7. The maximum absolute atomic E-state index is 15.4. The number of alkyl halides is 4. The Labute approximate surface area is 196 Å². The molecule has 35 heavy (non-hydrogen) atoms. The topological polar surface area (TPSA) is 80.0 Å². The number of amides is 1. The van der Waals surface area contributed by atoms with Gasteiger partial charge in [-0.2, -0.15) is 17.9 Å². The van der Waals surface area contributed by atoms with Crippen LogP contribution in [0.3, 0.4) is 0 Å². The highest BCUT2D eigenvalue weighted by Gasteiger charge is 2.43. The smallest absolute Gasteiger partial charge is 0.354 e. The van der Waals surface area contributed by atoms with Gasteiger partial charge in [-0.1, -0.05) is 0 Å². The first kappa shape index (κ1) is 23.1. The summed E-state index contributed by atoms with van der Waals surface area (Å²) in [7, 11) is 0. The van der Waals surface area contributed by atoms with Gasteiger partial charge in [0.1, 0.15) is 29.8 Å². The van der Waals surface area contributed by atoms with Gasteiger partial charge >= 0.3 is 6.18 Å². The van der Waals surface area contributed by atoms with Crippen LogP contribution in [0, 0.1) is 5.82 Å². The first-order valence-electron chi connectivity index (χ1n) is 11.0. The molecule has 3 heterocycles. The largest absolute Gasteiger partial charge is 0.417 e. The van der Waals surface area contributed by atoms with Gasteiger partial charge in [0.05, 0.1) is 18.2 Å². The molecular formula is C22H20F5N7O. The van der Waals surface area contributed by atoms with Crippen LogP contribution in [0.2, 0.25) is 0 Å². The SMILES string of the molecule is O=C(c1ccc(-n2cnnn2)c(F)c1)N(C1CC1)[C@@H]1CCN(c2ccc(C(F)(F)F)cn2)C[C@@H]1F. The molecule has 1 aliphatic heterocycles. The summed E-state index contributed by atoms with van der Waals surface area (Å²) >= 11 is 0. The maximum atomic E-state index is 15.4. The molecule has 1 aliphatic carbocycles. The fraction of sp³-hybridized carbons (Fsp3) is 0.409. The Hall–Kier alpha value is -3.64. The Kier molecular flexibility index (Phi) is 5.85. The molecule has 1 amide bonds. The zero-order chi connectivity index (χ0) is 24.7. The molecule has 2 fully saturated rings. The van der Waals surface area contributed by atoms with E-state index in [-0.39, 0.29) is 36.1 Å². The lowest BCUT2D eigenvalue weighted by Crippen LogP contribution is -2.55. The zero-order valence-corrected chi connectivity index (χ0v) is 18.2. The minimum absolute atomic E-state index is 0.0743. The van der Waals surface area contributed by atoms with Crippen molar-refractivity contribution in [2.75, 3.05) is 18.0 Å². The summed E-state index contributed by atoms with van der Waals surface area (Å²) in [6.07, 6.45) is -2.30. The molecule has 3 aromatic rings. The molecule has 0 N–H and O–H groups in total. The quantitative estimate of drug-likeness (QED) is 0.507. The van der Waals surface area contributed by atoms with E-state index >= 15 is 4.39 Å². The van der Waals surface area contributed by atoms with E-state index in [1.54, 1.807) is 4.90 Å². The number of piperidine rings is 1. The molecule has 1 saturated heterocycles. The van der Waals surface area contributed by atoms with E-state index in [9.17, 15) is 22.4 Å². The highest BCUT2D eigenvalue weighted by atomic mass is 19.4. The van der Waals surface area contributed by atoms with E-state index in [2.05, 4.69) is 20.5 Å². The zero-order valence-electron chi connectivity index (χ0n) is 18.2. The molecule has 5 rings (SSSR count). The van der Waals surface area contributed by atoms with Crippen molar-refractivity contribution in [3.63, 3.8) is 0 Å². The number of halogens is 5. The van der Waals surface area contributed by atoms with Crippen molar-refractivity contribution in [2.24, 2.45) is 0 Å². The summed E-state index contributed by atoms with van der Waals surface area (Å²) in [4.78, 5) is 20.2. The summed E-state index contributed by atoms with van der Waals surface area (Å²) in [6, 6.07) is 5.18. The second-order valence-corrected chi connectivity index (χ2v) is 8.59. The third-order valence-electron chi connectivity index (χ3n) is 6.23. The molecular weight excluding hydrogens is 473 g/mol. The molecule has 13 heteroatoms. The number of benzene rings is 1. The van der Waals surface area contributed by atoms with Crippen molar-refractivity contribution in [1.82, 2.24) is 30.1 Å². The predicted molar refractivity (Wildman–Crippen MR) is 113 cm³/mol. The lowest BCUT2D eigenvalue weighted by molar-refractivity contribution is -0.137. The van der Waals surface area contributed by atoms with Gasteiger partial charge in [0, 0.05) is 24.3 Å². The van der Waals surface area contributed by atoms with E-state index < -0.39 is 35.7 Å². The third-order valence-corrected chi connectivity index (χ3v) is 6.23. The van der Waals surface area contributed by atoms with Crippen LogP contribution in [-0.2, 0) is 6.18 Å². The number of rotatable bonds is 5. The summed E-state index contributed by atoms with van der Waals surface area (Å²) in [5.74, 6) is -0.925. The fourth-order valence-electron chi connectivity index (χ4n) is 4.34. The van der Waals surface area contributed by atoms with Crippen LogP contribution in [0.15, 0.2) is 42.9 Å². The second kappa shape index (κ2) is 8.86. The van der Waals surface area contributed by atoms with Crippen molar-refractivity contribution in [1.29, 1.82) is 0 Å². The van der Waals surface area contributed by atoms with E-state index in [4.69, 9.17) is 0 Å². The molecule has 2 atom stereocenters. The van der Waals surface area contributed by atoms with Crippen LogP contribution < -0.4 is 4.90 Å². The Balaban J connectivity index is 1.31. The number of anilines is 1. The number of carbonyl (C=O) groups excluding carboxylic acids is 1. The second-order valence-electron chi connectivity index (χ2n) is 8.59. The van der Waals surface area contributed by atoms with Crippen LogP contribution in [-0.4, -0.2) is 67.3 Å². The van der Waals surface area contributed by atoms with Crippen molar-refractivity contribution in [3.05, 3.63) is 59.8 Å². The summed E-state index contributed by atoms with van der Waals surface area (Å²) in [6.45, 7) is 0.193. The fourth-order valence-corrected chi connectivity index (χ4v) is 4.34. The van der Waals surface area contributed by atoms with E-state index in [1.807, 2.05) is 0 Å². The molecule has 1 aromatic carbocycles. The number of tetrazole rings is 1. The van der Waals surface area contributed by atoms with Crippen LogP contribution in [0.25, 0.3) is 5.69 Å². The van der Waals surface area contributed by atoms with Gasteiger partial charge in [0.15, 0.2) is 0 Å². The molecule has 2 aromatic heterocycles. The van der Waals surface area contributed by atoms with E-state index in [1.165, 1.54) is 29.4 Å². The first-order chi connectivity index (χ1) is 16.7. The maximum Gasteiger partial charge on any atom is 0.417 e. The normalized spacial score (nSPS) is 20.7. The van der Waals surface area contributed by atoms with Gasteiger partial charge < -0.3 is 9.80 Å². The van der Waals surface area contributed by atoms with Crippen molar-refractivity contribution in [2.45, 2.75) is 43.7 Å². The van der Waals surface area contributed by atoms with Crippen molar-refractivity contribution in [3.8, 4) is 5.69 Å².